The normalized spacial score (nSPS) is 16.3. The van der Waals surface area contributed by atoms with Gasteiger partial charge in [-0.05, 0) is 6.42 Å². The lowest BCUT2D eigenvalue weighted by Gasteiger charge is -2.24. The first-order valence-electron chi connectivity index (χ1n) is 6.82. The molecule has 9 heteroatoms. The van der Waals surface area contributed by atoms with Crippen molar-refractivity contribution in [3.63, 3.8) is 0 Å². The van der Waals surface area contributed by atoms with E-state index < -0.39 is 33.1 Å². The molecule has 0 heterocycles. The van der Waals surface area contributed by atoms with Gasteiger partial charge in [0.05, 0.1) is 34.4 Å². The van der Waals surface area contributed by atoms with E-state index in [1.54, 1.807) is 0 Å². The SMILES string of the molecule is CCCC(=O)OC(CO)COP(=O)(O)OCC[N+](C)(C)C. The van der Waals surface area contributed by atoms with Crippen LogP contribution in [0.15, 0.2) is 0 Å². The number of esters is 1. The van der Waals surface area contributed by atoms with Gasteiger partial charge < -0.3 is 19.2 Å². The molecule has 2 N–H and O–H groups in total. The first kappa shape index (κ1) is 20.5. The van der Waals surface area contributed by atoms with Crippen LogP contribution in [0.1, 0.15) is 19.8 Å². The number of ether oxygens (including phenoxy) is 1. The average Bonchev–Trinajstić information content (AvgIpc) is 2.32. The summed E-state index contributed by atoms with van der Waals surface area (Å²) in [4.78, 5) is 20.7. The first-order valence-corrected chi connectivity index (χ1v) is 8.32. The number of hydrogen-bond donors (Lipinski definition) is 2. The summed E-state index contributed by atoms with van der Waals surface area (Å²) in [5, 5.41) is 9.05. The van der Waals surface area contributed by atoms with Crippen molar-refractivity contribution < 1.29 is 37.6 Å². The maximum Gasteiger partial charge on any atom is 0.472 e. The maximum atomic E-state index is 11.6. The number of rotatable bonds is 11. The van der Waals surface area contributed by atoms with Crippen molar-refractivity contribution in [2.75, 3.05) is 47.5 Å². The summed E-state index contributed by atoms with van der Waals surface area (Å²) < 4.78 is 26.6. The van der Waals surface area contributed by atoms with Gasteiger partial charge in [0.25, 0.3) is 0 Å². The maximum absolute atomic E-state index is 11.6. The monoisotopic (exact) mass is 328 g/mol. The molecule has 0 aromatic carbocycles. The van der Waals surface area contributed by atoms with Gasteiger partial charge >= 0.3 is 13.8 Å². The van der Waals surface area contributed by atoms with Gasteiger partial charge in [-0.2, -0.15) is 0 Å². The zero-order chi connectivity index (χ0) is 16.5. The zero-order valence-corrected chi connectivity index (χ0v) is 14.0. The number of phosphoric ester groups is 1. The lowest BCUT2D eigenvalue weighted by atomic mass is 10.3. The fraction of sp³-hybridized carbons (Fsp3) is 0.917. The summed E-state index contributed by atoms with van der Waals surface area (Å²) in [7, 11) is 1.54. The van der Waals surface area contributed by atoms with Crippen molar-refractivity contribution >= 4 is 13.8 Å². The largest absolute Gasteiger partial charge is 0.472 e. The van der Waals surface area contributed by atoms with E-state index in [2.05, 4.69) is 0 Å². The Kier molecular flexibility index (Phi) is 9.28. The predicted octanol–water partition coefficient (Wildman–Crippen LogP) is 0.530. The van der Waals surface area contributed by atoms with E-state index in [0.29, 0.717) is 17.4 Å². The van der Waals surface area contributed by atoms with Crippen molar-refractivity contribution in [2.45, 2.75) is 25.9 Å². The molecular weight excluding hydrogens is 301 g/mol. The number of nitrogens with zero attached hydrogens (tertiary/aromatic N) is 1. The number of aliphatic hydroxyl groups is 1. The average molecular weight is 328 g/mol. The molecule has 0 aromatic heterocycles. The minimum Gasteiger partial charge on any atom is -0.457 e. The van der Waals surface area contributed by atoms with Crippen LogP contribution in [0.3, 0.4) is 0 Å². The minimum atomic E-state index is -4.22. The highest BCUT2D eigenvalue weighted by atomic mass is 31.2. The van der Waals surface area contributed by atoms with E-state index in [-0.39, 0.29) is 13.0 Å². The Morgan fingerprint density at radius 3 is 2.38 bits per heavy atom. The minimum absolute atomic E-state index is 0.0523. The summed E-state index contributed by atoms with van der Waals surface area (Å²) in [5.41, 5.74) is 0. The quantitative estimate of drug-likeness (QED) is 0.324. The van der Waals surface area contributed by atoms with Gasteiger partial charge in [-0.15, -0.1) is 0 Å². The van der Waals surface area contributed by atoms with Crippen LogP contribution in [0.4, 0.5) is 0 Å². The van der Waals surface area contributed by atoms with Crippen molar-refractivity contribution in [1.82, 2.24) is 0 Å². The van der Waals surface area contributed by atoms with Crippen LogP contribution in [0.2, 0.25) is 0 Å². The number of hydrogen-bond acceptors (Lipinski definition) is 6. The number of carbonyl (C=O) groups is 1. The van der Waals surface area contributed by atoms with Gasteiger partial charge in [0.15, 0.2) is 0 Å². The molecule has 2 unspecified atom stereocenters. The smallest absolute Gasteiger partial charge is 0.457 e. The molecule has 126 valence electrons. The van der Waals surface area contributed by atoms with Crippen LogP contribution in [0.5, 0.6) is 0 Å². The number of phosphoric acid groups is 1. The molecule has 2 atom stereocenters. The molecule has 0 amide bonds. The van der Waals surface area contributed by atoms with Gasteiger partial charge in [0.2, 0.25) is 0 Å². The van der Waals surface area contributed by atoms with Crippen LogP contribution in [-0.2, 0) is 23.1 Å². The topological polar surface area (TPSA) is 102 Å². The zero-order valence-electron chi connectivity index (χ0n) is 13.2. The van der Waals surface area contributed by atoms with Crippen molar-refractivity contribution in [2.24, 2.45) is 0 Å². The van der Waals surface area contributed by atoms with Gasteiger partial charge in [-0.25, -0.2) is 4.57 Å². The molecule has 0 rings (SSSR count). The molecule has 0 saturated carbocycles. The number of carbonyl (C=O) groups excluding carboxylic acids is 1. The van der Waals surface area contributed by atoms with E-state index in [9.17, 15) is 14.3 Å². The molecule has 0 aliphatic heterocycles. The third kappa shape index (κ3) is 11.8. The molecule has 8 nitrogen and oxygen atoms in total. The Balaban J connectivity index is 4.14. The van der Waals surface area contributed by atoms with Gasteiger partial charge in [0, 0.05) is 6.42 Å². The summed E-state index contributed by atoms with van der Waals surface area (Å²) >= 11 is 0. The van der Waals surface area contributed by atoms with Crippen molar-refractivity contribution in [1.29, 1.82) is 0 Å². The number of likely N-dealkylation sites (N-methyl/N-ethyl adjacent to an activating group) is 1. The lowest BCUT2D eigenvalue weighted by Crippen LogP contribution is -2.37. The third-order valence-corrected chi connectivity index (χ3v) is 3.38. The molecule has 0 aliphatic rings. The fourth-order valence-electron chi connectivity index (χ4n) is 1.22. The van der Waals surface area contributed by atoms with Crippen LogP contribution in [0.25, 0.3) is 0 Å². The highest BCUT2D eigenvalue weighted by molar-refractivity contribution is 7.47. The Labute approximate surface area is 125 Å². The summed E-state index contributed by atoms with van der Waals surface area (Å²) in [6.45, 7) is 1.51. The number of quaternary nitrogens is 1. The van der Waals surface area contributed by atoms with Gasteiger partial charge in [-0.3, -0.25) is 13.8 Å². The molecule has 0 radical (unpaired) electrons. The molecule has 0 fully saturated rings. The third-order valence-electron chi connectivity index (χ3n) is 2.40. The van der Waals surface area contributed by atoms with Crippen molar-refractivity contribution in [3.05, 3.63) is 0 Å². The van der Waals surface area contributed by atoms with Gasteiger partial charge in [-0.1, -0.05) is 6.92 Å². The summed E-state index contributed by atoms with van der Waals surface area (Å²) in [5.74, 6) is -0.487. The fourth-order valence-corrected chi connectivity index (χ4v) is 1.96. The molecule has 0 spiro atoms. The number of aliphatic hydroxyl groups excluding tert-OH is 1. The molecular formula is C12H27NO7P+. The molecule has 0 aromatic rings. The molecule has 21 heavy (non-hydrogen) atoms. The van der Waals surface area contributed by atoms with Crippen LogP contribution in [0, 0.1) is 0 Å². The first-order chi connectivity index (χ1) is 9.59. The van der Waals surface area contributed by atoms with E-state index in [0.717, 1.165) is 0 Å². The molecule has 0 aliphatic carbocycles. The van der Waals surface area contributed by atoms with Crippen LogP contribution >= 0.6 is 7.82 Å². The lowest BCUT2D eigenvalue weighted by molar-refractivity contribution is -0.870. The Bertz CT molecular complexity index is 356. The van der Waals surface area contributed by atoms with Crippen LogP contribution in [-0.4, -0.2) is 74.1 Å². The Hall–Kier alpha value is -0.500. The second-order valence-corrected chi connectivity index (χ2v) is 7.11. The van der Waals surface area contributed by atoms with E-state index in [4.69, 9.17) is 18.9 Å². The van der Waals surface area contributed by atoms with Gasteiger partial charge in [0.1, 0.15) is 19.3 Å². The van der Waals surface area contributed by atoms with E-state index in [1.165, 1.54) is 0 Å². The molecule has 0 saturated heterocycles. The Morgan fingerprint density at radius 2 is 1.90 bits per heavy atom. The highest BCUT2D eigenvalue weighted by Gasteiger charge is 2.25. The second-order valence-electron chi connectivity index (χ2n) is 5.66. The summed E-state index contributed by atoms with van der Waals surface area (Å²) in [6, 6.07) is 0. The Morgan fingerprint density at radius 1 is 1.29 bits per heavy atom. The second kappa shape index (κ2) is 9.50. The summed E-state index contributed by atoms with van der Waals surface area (Å²) in [6.07, 6.45) is -0.149. The van der Waals surface area contributed by atoms with E-state index in [1.807, 2.05) is 28.1 Å². The standard InChI is InChI=1S/C12H26NO7P/c1-5-6-12(15)20-11(9-14)10-19-21(16,17)18-8-7-13(2,3)4/h11,14H,5-10H2,1-4H3/p+1. The predicted molar refractivity (Wildman–Crippen MR) is 76.5 cm³/mol. The highest BCUT2D eigenvalue weighted by Crippen LogP contribution is 2.43. The molecule has 0 bridgehead atoms. The van der Waals surface area contributed by atoms with Crippen molar-refractivity contribution in [3.8, 4) is 0 Å². The van der Waals surface area contributed by atoms with Crippen LogP contribution < -0.4 is 0 Å². The van der Waals surface area contributed by atoms with E-state index >= 15 is 0 Å².